The third kappa shape index (κ3) is 2.82. The lowest BCUT2D eigenvalue weighted by atomic mass is 10.1. The normalized spacial score (nSPS) is 10.8. The van der Waals surface area contributed by atoms with Gasteiger partial charge in [0.1, 0.15) is 0 Å². The summed E-state index contributed by atoms with van der Waals surface area (Å²) in [7, 11) is 0. The number of benzene rings is 1. The number of aromatic amines is 1. The van der Waals surface area contributed by atoms with Crippen LogP contribution in [0, 0.1) is 3.70 Å². The van der Waals surface area contributed by atoms with Gasteiger partial charge in [0.15, 0.2) is 0 Å². The summed E-state index contributed by atoms with van der Waals surface area (Å²) in [5.41, 5.74) is 2.04. The molecule has 0 fully saturated rings. The smallest absolute Gasteiger partial charge is 0.310 e. The Morgan fingerprint density at radius 3 is 3.00 bits per heavy atom. The van der Waals surface area contributed by atoms with Gasteiger partial charge in [0.25, 0.3) is 0 Å². The monoisotopic (exact) mass is 407 g/mol. The van der Waals surface area contributed by atoms with Crippen LogP contribution in [0.5, 0.6) is 0 Å². The fourth-order valence-corrected chi connectivity index (χ4v) is 2.85. The van der Waals surface area contributed by atoms with Crippen molar-refractivity contribution in [2.45, 2.75) is 13.3 Å². The van der Waals surface area contributed by atoms with E-state index in [1.807, 2.05) is 25.1 Å². The molecule has 17 heavy (non-hydrogen) atoms. The number of nitrogens with one attached hydrogen (secondary N) is 1. The number of carbonyl (C=O) groups excluding carboxylic acids is 1. The lowest BCUT2D eigenvalue weighted by Crippen LogP contribution is -2.07. The van der Waals surface area contributed by atoms with E-state index >= 15 is 0 Å². The summed E-state index contributed by atoms with van der Waals surface area (Å²) >= 11 is 5.65. The molecule has 0 saturated carbocycles. The Morgan fingerprint density at radius 1 is 1.53 bits per heavy atom. The molecule has 90 valence electrons. The van der Waals surface area contributed by atoms with E-state index in [0.717, 1.165) is 24.6 Å². The van der Waals surface area contributed by atoms with Crippen molar-refractivity contribution in [3.8, 4) is 0 Å². The van der Waals surface area contributed by atoms with Crippen LogP contribution in [0.1, 0.15) is 12.5 Å². The van der Waals surface area contributed by atoms with Crippen LogP contribution in [0.3, 0.4) is 0 Å². The van der Waals surface area contributed by atoms with Crippen molar-refractivity contribution in [1.29, 1.82) is 0 Å². The number of esters is 1. The Bertz CT molecular complexity index is 565. The van der Waals surface area contributed by atoms with Crippen molar-refractivity contribution >= 4 is 55.4 Å². The molecule has 0 radical (unpaired) electrons. The van der Waals surface area contributed by atoms with Crippen LogP contribution in [0.15, 0.2) is 22.7 Å². The quantitative estimate of drug-likeness (QED) is 0.623. The molecule has 1 aromatic heterocycles. The van der Waals surface area contributed by atoms with Crippen LogP contribution in [0.25, 0.3) is 10.9 Å². The first kappa shape index (κ1) is 12.9. The minimum Gasteiger partial charge on any atom is -0.466 e. The molecule has 0 spiro atoms. The van der Waals surface area contributed by atoms with Gasteiger partial charge < -0.3 is 9.72 Å². The summed E-state index contributed by atoms with van der Waals surface area (Å²) in [5.74, 6) is -0.189. The van der Waals surface area contributed by atoms with E-state index in [2.05, 4.69) is 43.5 Å². The van der Waals surface area contributed by atoms with Crippen LogP contribution in [-0.4, -0.2) is 17.6 Å². The third-order valence-electron chi connectivity index (χ3n) is 2.44. The van der Waals surface area contributed by atoms with Gasteiger partial charge in [-0.3, -0.25) is 4.79 Å². The Balaban J connectivity index is 2.41. The maximum absolute atomic E-state index is 11.5. The Morgan fingerprint density at radius 2 is 2.29 bits per heavy atom. The molecule has 0 unspecified atom stereocenters. The average Bonchev–Trinajstić information content (AvgIpc) is 2.56. The maximum atomic E-state index is 11.5. The fourth-order valence-electron chi connectivity index (χ4n) is 1.72. The predicted octanol–water partition coefficient (Wildman–Crippen LogP) is 3.64. The number of ether oxygens (including phenoxy) is 1. The van der Waals surface area contributed by atoms with E-state index in [4.69, 9.17) is 4.74 Å². The van der Waals surface area contributed by atoms with E-state index in [9.17, 15) is 4.79 Å². The molecule has 3 nitrogen and oxygen atoms in total. The van der Waals surface area contributed by atoms with E-state index in [1.54, 1.807) is 0 Å². The predicted molar refractivity (Wildman–Crippen MR) is 79.1 cm³/mol. The van der Waals surface area contributed by atoms with Gasteiger partial charge in [-0.15, -0.1) is 0 Å². The molecule has 1 aromatic carbocycles. The highest BCUT2D eigenvalue weighted by molar-refractivity contribution is 14.1. The van der Waals surface area contributed by atoms with Gasteiger partial charge in [0, 0.05) is 20.9 Å². The van der Waals surface area contributed by atoms with Crippen LogP contribution < -0.4 is 0 Å². The molecule has 0 amide bonds. The molecule has 0 aliphatic rings. The number of hydrogen-bond donors (Lipinski definition) is 1. The summed E-state index contributed by atoms with van der Waals surface area (Å²) in [6.07, 6.45) is 0.308. The van der Waals surface area contributed by atoms with Crippen molar-refractivity contribution in [1.82, 2.24) is 4.98 Å². The molecule has 0 atom stereocenters. The van der Waals surface area contributed by atoms with Gasteiger partial charge in [-0.2, -0.15) is 0 Å². The Hall–Kier alpha value is -0.560. The summed E-state index contributed by atoms with van der Waals surface area (Å²) in [5, 5.41) is 1.07. The first-order chi connectivity index (χ1) is 8.11. The standard InChI is InChI=1S/C12H11BrINO2/c1-2-17-11(16)6-9-8-5-7(13)3-4-10(8)15-12(9)14/h3-5,15H,2,6H2,1H3. The molecule has 5 heteroatoms. The number of fused-ring (bicyclic) bond motifs is 1. The molecular formula is C12H11BrINO2. The van der Waals surface area contributed by atoms with Gasteiger partial charge in [-0.25, -0.2) is 0 Å². The zero-order valence-electron chi connectivity index (χ0n) is 9.22. The van der Waals surface area contributed by atoms with Gasteiger partial charge in [-0.1, -0.05) is 15.9 Å². The van der Waals surface area contributed by atoms with Crippen molar-refractivity contribution in [2.24, 2.45) is 0 Å². The number of H-pyrrole nitrogens is 1. The van der Waals surface area contributed by atoms with E-state index in [1.165, 1.54) is 0 Å². The maximum Gasteiger partial charge on any atom is 0.310 e. The first-order valence-corrected chi connectivity index (χ1v) is 7.10. The van der Waals surface area contributed by atoms with Gasteiger partial charge in [0.2, 0.25) is 0 Å². The van der Waals surface area contributed by atoms with Gasteiger partial charge in [0.05, 0.1) is 16.7 Å². The zero-order valence-corrected chi connectivity index (χ0v) is 13.0. The summed E-state index contributed by atoms with van der Waals surface area (Å²) in [6.45, 7) is 2.23. The Labute approximate surface area is 121 Å². The second-order valence-electron chi connectivity index (χ2n) is 3.59. The Kier molecular flexibility index (Phi) is 4.09. The lowest BCUT2D eigenvalue weighted by Gasteiger charge is -2.01. The van der Waals surface area contributed by atoms with Crippen LogP contribution in [-0.2, 0) is 16.0 Å². The number of carbonyl (C=O) groups is 1. The van der Waals surface area contributed by atoms with Crippen molar-refractivity contribution in [3.05, 3.63) is 31.9 Å². The summed E-state index contributed by atoms with van der Waals surface area (Å²) in [4.78, 5) is 14.8. The van der Waals surface area contributed by atoms with E-state index < -0.39 is 0 Å². The van der Waals surface area contributed by atoms with Crippen molar-refractivity contribution < 1.29 is 9.53 Å². The average molecular weight is 408 g/mol. The van der Waals surface area contributed by atoms with E-state index in [-0.39, 0.29) is 5.97 Å². The minimum absolute atomic E-state index is 0.189. The second-order valence-corrected chi connectivity index (χ2v) is 5.58. The number of halogens is 2. The highest BCUT2D eigenvalue weighted by atomic mass is 127. The molecule has 1 N–H and O–H groups in total. The number of hydrogen-bond acceptors (Lipinski definition) is 2. The van der Waals surface area contributed by atoms with Crippen molar-refractivity contribution in [3.63, 3.8) is 0 Å². The van der Waals surface area contributed by atoms with Gasteiger partial charge >= 0.3 is 5.97 Å². The lowest BCUT2D eigenvalue weighted by molar-refractivity contribution is -0.142. The van der Waals surface area contributed by atoms with Crippen LogP contribution >= 0.6 is 38.5 Å². The number of rotatable bonds is 3. The van der Waals surface area contributed by atoms with Crippen LogP contribution in [0.2, 0.25) is 0 Å². The first-order valence-electron chi connectivity index (χ1n) is 5.23. The zero-order chi connectivity index (χ0) is 12.4. The molecule has 0 aliphatic carbocycles. The molecule has 2 aromatic rings. The number of aromatic nitrogens is 1. The minimum atomic E-state index is -0.189. The highest BCUT2D eigenvalue weighted by Gasteiger charge is 2.14. The highest BCUT2D eigenvalue weighted by Crippen LogP contribution is 2.27. The molecule has 0 bridgehead atoms. The second kappa shape index (κ2) is 5.39. The van der Waals surface area contributed by atoms with E-state index in [0.29, 0.717) is 13.0 Å². The summed E-state index contributed by atoms with van der Waals surface area (Å²) < 4.78 is 6.98. The molecule has 0 saturated heterocycles. The SMILES string of the molecule is CCOC(=O)Cc1c(I)[nH]c2ccc(Br)cc12. The largest absolute Gasteiger partial charge is 0.466 e. The molecular weight excluding hydrogens is 397 g/mol. The third-order valence-corrected chi connectivity index (χ3v) is 3.86. The molecule has 2 rings (SSSR count). The van der Waals surface area contributed by atoms with Crippen molar-refractivity contribution in [2.75, 3.05) is 6.61 Å². The molecule has 0 aliphatic heterocycles. The summed E-state index contributed by atoms with van der Waals surface area (Å²) in [6, 6.07) is 5.99. The van der Waals surface area contributed by atoms with Gasteiger partial charge in [-0.05, 0) is 47.7 Å². The van der Waals surface area contributed by atoms with Crippen LogP contribution in [0.4, 0.5) is 0 Å². The fraction of sp³-hybridized carbons (Fsp3) is 0.250. The molecule has 1 heterocycles. The topological polar surface area (TPSA) is 42.1 Å².